The molecule has 0 atom stereocenters. The lowest BCUT2D eigenvalue weighted by Crippen LogP contribution is -2.44. The molecule has 0 unspecified atom stereocenters. The predicted octanol–water partition coefficient (Wildman–Crippen LogP) is 2.65. The van der Waals surface area contributed by atoms with E-state index in [0.717, 1.165) is 42.6 Å². The second kappa shape index (κ2) is 8.35. The third-order valence-corrected chi connectivity index (χ3v) is 5.41. The number of nitrogens with one attached hydrogen (secondary N) is 2. The first-order valence-corrected chi connectivity index (χ1v) is 9.71. The van der Waals surface area contributed by atoms with Crippen molar-refractivity contribution in [1.82, 2.24) is 25.4 Å². The van der Waals surface area contributed by atoms with E-state index in [1.807, 2.05) is 42.8 Å². The molecular formula is C18H23N5O2S. The predicted molar refractivity (Wildman–Crippen MR) is 101 cm³/mol. The van der Waals surface area contributed by atoms with Gasteiger partial charge in [-0.05, 0) is 25.8 Å². The molecule has 3 amide bonds. The summed E-state index contributed by atoms with van der Waals surface area (Å²) >= 11 is 1.26. The van der Waals surface area contributed by atoms with E-state index in [2.05, 4.69) is 20.8 Å². The number of nitrogens with zero attached hydrogens (tertiary/aromatic N) is 3. The Labute approximate surface area is 157 Å². The maximum atomic E-state index is 12.0. The quantitative estimate of drug-likeness (QED) is 0.787. The van der Waals surface area contributed by atoms with Crippen LogP contribution in [0.2, 0.25) is 0 Å². The molecule has 0 spiro atoms. The zero-order chi connectivity index (χ0) is 18.5. The Hall–Kier alpha value is -2.35. The fourth-order valence-corrected chi connectivity index (χ4v) is 3.77. The van der Waals surface area contributed by atoms with E-state index in [9.17, 15) is 9.59 Å². The van der Waals surface area contributed by atoms with E-state index in [1.165, 1.54) is 11.8 Å². The molecule has 3 rings (SSSR count). The number of urea groups is 1. The van der Waals surface area contributed by atoms with Crippen molar-refractivity contribution in [2.75, 3.05) is 5.75 Å². The summed E-state index contributed by atoms with van der Waals surface area (Å²) in [6.45, 7) is 2.02. The summed E-state index contributed by atoms with van der Waals surface area (Å²) in [6, 6.07) is 7.79. The molecule has 0 aliphatic heterocycles. The Morgan fingerprint density at radius 2 is 2.04 bits per heavy atom. The van der Waals surface area contributed by atoms with Crippen molar-refractivity contribution in [2.45, 2.75) is 43.8 Å². The third kappa shape index (κ3) is 4.63. The Balaban J connectivity index is 1.53. The number of aryl methyl sites for hydroxylation is 1. The summed E-state index contributed by atoms with van der Waals surface area (Å²) in [5.74, 6) is 0.513. The number of carbonyl (C=O) groups excluding carboxylic acids is 2. The van der Waals surface area contributed by atoms with Crippen LogP contribution in [0.1, 0.15) is 31.2 Å². The van der Waals surface area contributed by atoms with E-state index in [-0.39, 0.29) is 17.7 Å². The van der Waals surface area contributed by atoms with Gasteiger partial charge in [0.2, 0.25) is 5.91 Å². The van der Waals surface area contributed by atoms with Gasteiger partial charge in [-0.3, -0.25) is 10.1 Å². The van der Waals surface area contributed by atoms with Crippen LogP contribution in [0.25, 0.3) is 11.4 Å². The highest BCUT2D eigenvalue weighted by Gasteiger charge is 2.19. The van der Waals surface area contributed by atoms with Crippen molar-refractivity contribution in [2.24, 2.45) is 7.05 Å². The first-order valence-electron chi connectivity index (χ1n) is 8.72. The zero-order valence-electron chi connectivity index (χ0n) is 15.0. The Bertz CT molecular complexity index is 799. The second-order valence-corrected chi connectivity index (χ2v) is 7.47. The van der Waals surface area contributed by atoms with Gasteiger partial charge in [0.1, 0.15) is 0 Å². The number of carbonyl (C=O) groups is 2. The van der Waals surface area contributed by atoms with E-state index < -0.39 is 6.03 Å². The summed E-state index contributed by atoms with van der Waals surface area (Å²) in [7, 11) is 1.87. The minimum absolute atomic E-state index is 0.109. The molecule has 2 N–H and O–H groups in total. The van der Waals surface area contributed by atoms with Crippen molar-refractivity contribution in [3.8, 4) is 11.4 Å². The number of amides is 3. The normalized spacial score (nSPS) is 14.4. The lowest BCUT2D eigenvalue weighted by Gasteiger charge is -2.12. The maximum absolute atomic E-state index is 12.0. The smallest absolute Gasteiger partial charge is 0.321 e. The van der Waals surface area contributed by atoms with Crippen LogP contribution in [-0.4, -0.2) is 38.5 Å². The molecule has 0 bridgehead atoms. The largest absolute Gasteiger partial charge is 0.335 e. The Kier molecular flexibility index (Phi) is 5.92. The van der Waals surface area contributed by atoms with Crippen molar-refractivity contribution in [3.63, 3.8) is 0 Å². The Morgan fingerprint density at radius 3 is 2.77 bits per heavy atom. The number of imide groups is 1. The van der Waals surface area contributed by atoms with Crippen LogP contribution in [-0.2, 0) is 11.8 Å². The first-order chi connectivity index (χ1) is 12.5. The monoisotopic (exact) mass is 373 g/mol. The van der Waals surface area contributed by atoms with Gasteiger partial charge in [-0.25, -0.2) is 4.79 Å². The number of rotatable bonds is 5. The minimum atomic E-state index is -0.416. The molecule has 1 heterocycles. The van der Waals surface area contributed by atoms with Crippen LogP contribution in [0.4, 0.5) is 4.79 Å². The highest BCUT2D eigenvalue weighted by atomic mass is 32.2. The molecule has 1 aromatic carbocycles. The molecule has 0 saturated heterocycles. The van der Waals surface area contributed by atoms with Gasteiger partial charge in [-0.2, -0.15) is 0 Å². The minimum Gasteiger partial charge on any atom is -0.335 e. The van der Waals surface area contributed by atoms with Gasteiger partial charge in [-0.1, -0.05) is 48.4 Å². The molecule has 1 saturated carbocycles. The van der Waals surface area contributed by atoms with E-state index in [0.29, 0.717) is 5.16 Å². The van der Waals surface area contributed by atoms with Crippen molar-refractivity contribution in [3.05, 3.63) is 29.8 Å². The molecule has 1 aliphatic rings. The standard InChI is InChI=1S/C18H23N5O2S/c1-12-6-5-7-13(10-12)16-21-22-18(23(16)2)26-11-15(24)20-17(25)19-14-8-3-4-9-14/h5-7,10,14H,3-4,8-9,11H2,1-2H3,(H2,19,20,24,25). The van der Waals surface area contributed by atoms with Crippen LogP contribution >= 0.6 is 11.8 Å². The molecule has 26 heavy (non-hydrogen) atoms. The number of hydrogen-bond acceptors (Lipinski definition) is 5. The number of aromatic nitrogens is 3. The van der Waals surface area contributed by atoms with Gasteiger partial charge < -0.3 is 9.88 Å². The van der Waals surface area contributed by atoms with Crippen LogP contribution in [0, 0.1) is 6.92 Å². The molecule has 1 fully saturated rings. The average molecular weight is 373 g/mol. The van der Waals surface area contributed by atoms with Gasteiger partial charge in [0.05, 0.1) is 5.75 Å². The van der Waals surface area contributed by atoms with Crippen molar-refractivity contribution < 1.29 is 9.59 Å². The van der Waals surface area contributed by atoms with Crippen molar-refractivity contribution >= 4 is 23.7 Å². The van der Waals surface area contributed by atoms with Gasteiger partial charge >= 0.3 is 6.03 Å². The summed E-state index contributed by atoms with van der Waals surface area (Å²) in [4.78, 5) is 23.8. The fraction of sp³-hybridized carbons (Fsp3) is 0.444. The molecule has 138 valence electrons. The van der Waals surface area contributed by atoms with Gasteiger partial charge in [-0.15, -0.1) is 10.2 Å². The topological polar surface area (TPSA) is 88.9 Å². The molecule has 2 aromatic rings. The average Bonchev–Trinajstić information content (AvgIpc) is 3.22. The highest BCUT2D eigenvalue weighted by molar-refractivity contribution is 7.99. The SMILES string of the molecule is Cc1cccc(-c2nnc(SCC(=O)NC(=O)NC3CCCC3)n2C)c1. The van der Waals surface area contributed by atoms with E-state index in [1.54, 1.807) is 0 Å². The molecule has 1 aliphatic carbocycles. The van der Waals surface area contributed by atoms with Gasteiger partial charge in [0, 0.05) is 18.7 Å². The molecule has 8 heteroatoms. The van der Waals surface area contributed by atoms with Gasteiger partial charge in [0.15, 0.2) is 11.0 Å². The van der Waals surface area contributed by atoms with E-state index >= 15 is 0 Å². The van der Waals surface area contributed by atoms with Crippen LogP contribution in [0.15, 0.2) is 29.4 Å². The third-order valence-electron chi connectivity index (χ3n) is 4.39. The van der Waals surface area contributed by atoms with Gasteiger partial charge in [0.25, 0.3) is 0 Å². The summed E-state index contributed by atoms with van der Waals surface area (Å²) < 4.78 is 1.85. The maximum Gasteiger partial charge on any atom is 0.321 e. The molecule has 0 radical (unpaired) electrons. The summed E-state index contributed by atoms with van der Waals surface area (Å²) in [5, 5.41) is 14.2. The summed E-state index contributed by atoms with van der Waals surface area (Å²) in [6.07, 6.45) is 4.22. The van der Waals surface area contributed by atoms with E-state index in [4.69, 9.17) is 0 Å². The Morgan fingerprint density at radius 1 is 1.27 bits per heavy atom. The van der Waals surface area contributed by atoms with Crippen LogP contribution in [0.5, 0.6) is 0 Å². The van der Waals surface area contributed by atoms with Crippen LogP contribution in [0.3, 0.4) is 0 Å². The second-order valence-electron chi connectivity index (χ2n) is 6.53. The number of hydrogen-bond donors (Lipinski definition) is 2. The number of thioether (sulfide) groups is 1. The van der Waals surface area contributed by atoms with Crippen LogP contribution < -0.4 is 10.6 Å². The fourth-order valence-electron chi connectivity index (χ4n) is 3.06. The van der Waals surface area contributed by atoms with Crippen molar-refractivity contribution in [1.29, 1.82) is 0 Å². The molecule has 1 aromatic heterocycles. The number of benzene rings is 1. The first kappa shape index (κ1) is 18.4. The summed E-state index contributed by atoms with van der Waals surface area (Å²) in [5.41, 5.74) is 2.12. The zero-order valence-corrected chi connectivity index (χ0v) is 15.8. The molecule has 7 nitrogen and oxygen atoms in total. The highest BCUT2D eigenvalue weighted by Crippen LogP contribution is 2.23. The molecular weight excluding hydrogens is 350 g/mol. The lowest BCUT2D eigenvalue weighted by molar-refractivity contribution is -0.117. The lowest BCUT2D eigenvalue weighted by atomic mass is 10.1.